The molecule has 0 fully saturated rings. The molecule has 8 heteroatoms. The number of thiophene rings is 1. The molecule has 1 atom stereocenters. The van der Waals surface area contributed by atoms with E-state index in [1.165, 1.54) is 16.2 Å². The van der Waals surface area contributed by atoms with E-state index in [0.29, 0.717) is 21.5 Å². The summed E-state index contributed by atoms with van der Waals surface area (Å²) in [4.78, 5) is 25.3. The molecule has 2 aromatic rings. The molecule has 1 heterocycles. The quantitative estimate of drug-likeness (QED) is 0.657. The van der Waals surface area contributed by atoms with Crippen LogP contribution in [0.4, 0.5) is 5.00 Å². The number of nitrogens with one attached hydrogen (secondary N) is 2. The lowest BCUT2D eigenvalue weighted by Gasteiger charge is -2.18. The Morgan fingerprint density at radius 3 is 2.70 bits per heavy atom. The number of fused-ring (bicyclic) bond motifs is 1. The summed E-state index contributed by atoms with van der Waals surface area (Å²) in [5, 5.41) is 7.02. The van der Waals surface area contributed by atoms with Gasteiger partial charge in [-0.1, -0.05) is 30.7 Å². The highest BCUT2D eigenvalue weighted by Gasteiger charge is 2.26. The van der Waals surface area contributed by atoms with Gasteiger partial charge in [-0.05, 0) is 60.7 Å². The average molecular weight is 422 g/mol. The number of anilines is 1. The van der Waals surface area contributed by atoms with Crippen molar-refractivity contribution in [3.05, 3.63) is 50.9 Å². The fourth-order valence-electron chi connectivity index (χ4n) is 3.19. The number of hydrogen-bond acceptors (Lipinski definition) is 4. The second-order valence-corrected chi connectivity index (χ2v) is 8.68. The van der Waals surface area contributed by atoms with E-state index in [1.807, 2.05) is 0 Å². The van der Waals surface area contributed by atoms with Crippen LogP contribution in [-0.4, -0.2) is 16.9 Å². The lowest BCUT2D eigenvalue weighted by molar-refractivity contribution is -0.119. The molecule has 0 saturated carbocycles. The second-order valence-electron chi connectivity index (χ2n) is 6.73. The third kappa shape index (κ3) is 4.86. The van der Waals surface area contributed by atoms with Crippen molar-refractivity contribution in [2.75, 3.05) is 5.32 Å². The lowest BCUT2D eigenvalue weighted by atomic mass is 9.88. The first-order valence-electron chi connectivity index (χ1n) is 8.63. The number of amides is 2. The molecule has 1 aliphatic carbocycles. The van der Waals surface area contributed by atoms with Crippen molar-refractivity contribution < 1.29 is 9.59 Å². The Labute approximate surface area is 172 Å². The summed E-state index contributed by atoms with van der Waals surface area (Å²) in [5.41, 5.74) is 7.94. The van der Waals surface area contributed by atoms with E-state index in [9.17, 15) is 9.59 Å². The molecule has 4 N–H and O–H groups in total. The van der Waals surface area contributed by atoms with Crippen LogP contribution in [0, 0.1) is 5.92 Å². The minimum absolute atomic E-state index is 0.156. The molecule has 0 spiro atoms. The zero-order chi connectivity index (χ0) is 19.6. The third-order valence-corrected chi connectivity index (χ3v) is 6.14. The largest absolute Gasteiger partial charge is 0.365 e. The zero-order valence-electron chi connectivity index (χ0n) is 14.8. The van der Waals surface area contributed by atoms with Gasteiger partial charge < -0.3 is 16.4 Å². The van der Waals surface area contributed by atoms with Crippen LogP contribution in [0.15, 0.2) is 24.3 Å². The van der Waals surface area contributed by atoms with Crippen molar-refractivity contribution in [3.63, 3.8) is 0 Å². The Morgan fingerprint density at radius 1 is 1.33 bits per heavy atom. The Balaban J connectivity index is 1.67. The van der Waals surface area contributed by atoms with Gasteiger partial charge in [0.05, 0.1) is 12.0 Å². The highest BCUT2D eigenvalue weighted by molar-refractivity contribution is 7.80. The van der Waals surface area contributed by atoms with Gasteiger partial charge >= 0.3 is 0 Å². The summed E-state index contributed by atoms with van der Waals surface area (Å²) < 4.78 is 0. The molecule has 3 rings (SSSR count). The Morgan fingerprint density at radius 2 is 2.04 bits per heavy atom. The van der Waals surface area contributed by atoms with E-state index in [-0.39, 0.29) is 17.4 Å². The summed E-state index contributed by atoms with van der Waals surface area (Å²) in [6.45, 7) is 2.20. The molecule has 1 aromatic heterocycles. The van der Waals surface area contributed by atoms with Crippen molar-refractivity contribution in [1.29, 1.82) is 0 Å². The van der Waals surface area contributed by atoms with Gasteiger partial charge in [0.25, 0.3) is 5.91 Å². The first-order chi connectivity index (χ1) is 12.8. The molecular formula is C19H20ClN3O2S2. The Bertz CT molecular complexity index is 893. The number of rotatable bonds is 4. The fraction of sp³-hybridized carbons (Fsp3) is 0.316. The maximum absolute atomic E-state index is 12.2. The van der Waals surface area contributed by atoms with Gasteiger partial charge in [-0.3, -0.25) is 9.59 Å². The molecule has 142 valence electrons. The molecular weight excluding hydrogens is 402 g/mol. The number of nitrogens with two attached hydrogens (primary N) is 1. The van der Waals surface area contributed by atoms with Crippen molar-refractivity contribution in [1.82, 2.24) is 5.32 Å². The van der Waals surface area contributed by atoms with Gasteiger partial charge in [0.1, 0.15) is 5.00 Å². The molecule has 1 aromatic carbocycles. The normalized spacial score (nSPS) is 15.7. The Kier molecular flexibility index (Phi) is 6.14. The van der Waals surface area contributed by atoms with Crippen LogP contribution in [0.2, 0.25) is 5.02 Å². The molecule has 0 radical (unpaired) electrons. The number of halogens is 1. The van der Waals surface area contributed by atoms with Crippen LogP contribution in [0.5, 0.6) is 0 Å². The summed E-state index contributed by atoms with van der Waals surface area (Å²) in [5.74, 6) is -0.138. The fourth-order valence-corrected chi connectivity index (χ4v) is 5.02. The zero-order valence-corrected chi connectivity index (χ0v) is 17.2. The Hall–Kier alpha value is -1.96. The molecule has 5 nitrogen and oxygen atoms in total. The standard InChI is InChI=1S/C19H20ClN3O2S2/c1-10-2-7-13-14(8-10)27-18(16(13)17(21)25)23-19(26)22-15(24)9-11-3-5-12(20)6-4-11/h3-6,10H,2,7-9H2,1H3,(H2,21,25)(H2,22,23,24,26)/t10-/m0/s1. The number of carbonyl (C=O) groups excluding carboxylic acids is 2. The molecule has 0 aliphatic heterocycles. The van der Waals surface area contributed by atoms with E-state index >= 15 is 0 Å². The number of carbonyl (C=O) groups is 2. The maximum Gasteiger partial charge on any atom is 0.251 e. The molecule has 0 unspecified atom stereocenters. The predicted molar refractivity (Wildman–Crippen MR) is 114 cm³/mol. The van der Waals surface area contributed by atoms with Crippen LogP contribution >= 0.6 is 35.2 Å². The number of benzene rings is 1. The lowest BCUT2D eigenvalue weighted by Crippen LogP contribution is -2.35. The number of hydrogen-bond donors (Lipinski definition) is 3. The highest BCUT2D eigenvalue weighted by Crippen LogP contribution is 2.39. The van der Waals surface area contributed by atoms with Gasteiger partial charge in [0.2, 0.25) is 5.91 Å². The highest BCUT2D eigenvalue weighted by atomic mass is 35.5. The van der Waals surface area contributed by atoms with E-state index in [0.717, 1.165) is 30.4 Å². The summed E-state index contributed by atoms with van der Waals surface area (Å²) in [6.07, 6.45) is 2.98. The van der Waals surface area contributed by atoms with Crippen LogP contribution in [0.3, 0.4) is 0 Å². The average Bonchev–Trinajstić information content (AvgIpc) is 2.93. The molecule has 2 amide bonds. The summed E-state index contributed by atoms with van der Waals surface area (Å²) in [6, 6.07) is 7.05. The molecule has 0 saturated heterocycles. The molecule has 0 bridgehead atoms. The van der Waals surface area contributed by atoms with Crippen molar-refractivity contribution in [2.24, 2.45) is 11.7 Å². The van der Waals surface area contributed by atoms with Crippen LogP contribution in [0.25, 0.3) is 0 Å². The van der Waals surface area contributed by atoms with Crippen LogP contribution in [-0.2, 0) is 24.1 Å². The number of primary amides is 1. The van der Waals surface area contributed by atoms with E-state index in [4.69, 9.17) is 29.6 Å². The summed E-state index contributed by atoms with van der Waals surface area (Å²) in [7, 11) is 0. The van der Waals surface area contributed by atoms with E-state index in [2.05, 4.69) is 17.6 Å². The first kappa shape index (κ1) is 19.8. The van der Waals surface area contributed by atoms with Gasteiger partial charge in [-0.25, -0.2) is 0 Å². The molecule has 27 heavy (non-hydrogen) atoms. The minimum Gasteiger partial charge on any atom is -0.365 e. The van der Waals surface area contributed by atoms with Gasteiger partial charge in [-0.15, -0.1) is 11.3 Å². The van der Waals surface area contributed by atoms with Crippen molar-refractivity contribution in [3.8, 4) is 0 Å². The van der Waals surface area contributed by atoms with E-state index < -0.39 is 5.91 Å². The monoisotopic (exact) mass is 421 g/mol. The van der Waals surface area contributed by atoms with Gasteiger partial charge in [0, 0.05) is 9.90 Å². The van der Waals surface area contributed by atoms with Crippen LogP contribution < -0.4 is 16.4 Å². The van der Waals surface area contributed by atoms with E-state index in [1.54, 1.807) is 24.3 Å². The second kappa shape index (κ2) is 8.37. The summed E-state index contributed by atoms with van der Waals surface area (Å²) >= 11 is 12.6. The van der Waals surface area contributed by atoms with Crippen molar-refractivity contribution >= 4 is 57.1 Å². The third-order valence-electron chi connectivity index (χ3n) is 4.52. The van der Waals surface area contributed by atoms with Crippen molar-refractivity contribution in [2.45, 2.75) is 32.6 Å². The SMILES string of the molecule is C[C@H]1CCc2c(sc(NC(=S)NC(=O)Cc3ccc(Cl)cc3)c2C(N)=O)C1. The van der Waals surface area contributed by atoms with Crippen LogP contribution in [0.1, 0.15) is 39.7 Å². The topological polar surface area (TPSA) is 84.2 Å². The predicted octanol–water partition coefficient (Wildman–Crippen LogP) is 3.68. The minimum atomic E-state index is -0.472. The smallest absolute Gasteiger partial charge is 0.251 e. The number of thiocarbonyl (C=S) groups is 1. The van der Waals surface area contributed by atoms with Gasteiger partial charge in [0.15, 0.2) is 5.11 Å². The molecule has 1 aliphatic rings. The first-order valence-corrected chi connectivity index (χ1v) is 10.2. The maximum atomic E-state index is 12.2. The van der Waals surface area contributed by atoms with Gasteiger partial charge in [-0.2, -0.15) is 0 Å².